The van der Waals surface area contributed by atoms with E-state index in [9.17, 15) is 9.90 Å². The smallest absolute Gasteiger partial charge is 0.136 e. The van der Waals surface area contributed by atoms with Crippen LogP contribution in [-0.4, -0.2) is 25.1 Å². The molecular formula is C15H20O4. The second-order valence-corrected chi connectivity index (χ2v) is 5.06. The van der Waals surface area contributed by atoms with E-state index in [0.717, 1.165) is 12.8 Å². The first-order chi connectivity index (χ1) is 9.07. The third-order valence-corrected chi connectivity index (χ3v) is 3.67. The Morgan fingerprint density at radius 2 is 1.74 bits per heavy atom. The van der Waals surface area contributed by atoms with Crippen LogP contribution in [0.3, 0.4) is 0 Å². The number of ketones is 1. The summed E-state index contributed by atoms with van der Waals surface area (Å²) < 4.78 is 10.4. The molecule has 0 bridgehead atoms. The van der Waals surface area contributed by atoms with Crippen molar-refractivity contribution < 1.29 is 19.4 Å². The van der Waals surface area contributed by atoms with Crippen LogP contribution in [0.25, 0.3) is 0 Å². The first kappa shape index (κ1) is 13.9. The van der Waals surface area contributed by atoms with Gasteiger partial charge in [0.2, 0.25) is 0 Å². The molecule has 4 heteroatoms. The first-order valence-corrected chi connectivity index (χ1v) is 6.55. The molecule has 1 atom stereocenters. The van der Waals surface area contributed by atoms with Gasteiger partial charge in [-0.2, -0.15) is 0 Å². The second-order valence-electron chi connectivity index (χ2n) is 5.06. The topological polar surface area (TPSA) is 55.8 Å². The summed E-state index contributed by atoms with van der Waals surface area (Å²) in [6.07, 6.45) is 3.02. The van der Waals surface area contributed by atoms with Crippen molar-refractivity contribution in [2.75, 3.05) is 14.2 Å². The van der Waals surface area contributed by atoms with Crippen molar-refractivity contribution in [3.63, 3.8) is 0 Å². The molecule has 1 aromatic carbocycles. The van der Waals surface area contributed by atoms with Crippen molar-refractivity contribution in [1.82, 2.24) is 0 Å². The molecule has 1 aliphatic rings. The summed E-state index contributed by atoms with van der Waals surface area (Å²) in [6, 6.07) is 5.31. The molecule has 19 heavy (non-hydrogen) atoms. The number of carbonyl (C=O) groups is 1. The van der Waals surface area contributed by atoms with Gasteiger partial charge in [0.15, 0.2) is 0 Å². The van der Waals surface area contributed by atoms with E-state index in [4.69, 9.17) is 9.47 Å². The largest absolute Gasteiger partial charge is 0.497 e. The zero-order valence-corrected chi connectivity index (χ0v) is 11.4. The fourth-order valence-electron chi connectivity index (χ4n) is 2.57. The second kappa shape index (κ2) is 5.61. The molecule has 0 unspecified atom stereocenters. The summed E-state index contributed by atoms with van der Waals surface area (Å²) >= 11 is 0. The number of rotatable bonds is 3. The van der Waals surface area contributed by atoms with Crippen LogP contribution in [0.2, 0.25) is 0 Å². The number of hydrogen-bond acceptors (Lipinski definition) is 4. The fourth-order valence-corrected chi connectivity index (χ4v) is 2.57. The van der Waals surface area contributed by atoms with E-state index in [-0.39, 0.29) is 12.2 Å². The summed E-state index contributed by atoms with van der Waals surface area (Å²) in [4.78, 5) is 11.8. The summed E-state index contributed by atoms with van der Waals surface area (Å²) in [5, 5.41) is 10.8. The van der Waals surface area contributed by atoms with Crippen LogP contribution in [0.15, 0.2) is 18.2 Å². The Morgan fingerprint density at radius 3 is 2.32 bits per heavy atom. The third kappa shape index (κ3) is 3.07. The maximum atomic E-state index is 11.8. The van der Waals surface area contributed by atoms with Crippen LogP contribution in [0.1, 0.15) is 37.7 Å². The SMILES string of the molecule is COc1cc(OC)cc([C@]2(O)CCCCC(=O)C2)c1. The zero-order valence-electron chi connectivity index (χ0n) is 11.4. The van der Waals surface area contributed by atoms with E-state index in [0.29, 0.717) is 29.9 Å². The number of benzene rings is 1. The molecule has 0 heterocycles. The number of Topliss-reactive ketones (excluding diaryl/α,β-unsaturated/α-hetero) is 1. The molecular weight excluding hydrogens is 244 g/mol. The first-order valence-electron chi connectivity index (χ1n) is 6.55. The molecule has 1 aliphatic carbocycles. The number of carbonyl (C=O) groups excluding carboxylic acids is 1. The van der Waals surface area contributed by atoms with Gasteiger partial charge >= 0.3 is 0 Å². The molecule has 2 rings (SSSR count). The van der Waals surface area contributed by atoms with E-state index in [1.54, 1.807) is 32.4 Å². The highest BCUT2D eigenvalue weighted by molar-refractivity contribution is 5.80. The van der Waals surface area contributed by atoms with Crippen molar-refractivity contribution in [3.8, 4) is 11.5 Å². The lowest BCUT2D eigenvalue weighted by Gasteiger charge is -2.27. The Hall–Kier alpha value is -1.55. The number of hydrogen-bond donors (Lipinski definition) is 1. The average Bonchev–Trinajstić information content (AvgIpc) is 2.60. The minimum Gasteiger partial charge on any atom is -0.497 e. The van der Waals surface area contributed by atoms with Crippen LogP contribution in [0.5, 0.6) is 11.5 Å². The Labute approximate surface area is 113 Å². The monoisotopic (exact) mass is 264 g/mol. The summed E-state index contributed by atoms with van der Waals surface area (Å²) in [6.45, 7) is 0. The van der Waals surface area contributed by atoms with E-state index in [1.807, 2.05) is 0 Å². The van der Waals surface area contributed by atoms with E-state index < -0.39 is 5.60 Å². The van der Waals surface area contributed by atoms with Gasteiger partial charge in [0.25, 0.3) is 0 Å². The van der Waals surface area contributed by atoms with Gasteiger partial charge in [-0.15, -0.1) is 0 Å². The quantitative estimate of drug-likeness (QED) is 0.852. The summed E-state index contributed by atoms with van der Waals surface area (Å²) in [7, 11) is 3.14. The Kier molecular flexibility index (Phi) is 4.10. The molecule has 1 aromatic rings. The van der Waals surface area contributed by atoms with Crippen molar-refractivity contribution >= 4 is 5.78 Å². The molecule has 104 valence electrons. The highest BCUT2D eigenvalue weighted by Gasteiger charge is 2.34. The fraction of sp³-hybridized carbons (Fsp3) is 0.533. The van der Waals surface area contributed by atoms with Gasteiger partial charge in [-0.1, -0.05) is 0 Å². The molecule has 0 aromatic heterocycles. The molecule has 0 aliphatic heterocycles. The van der Waals surface area contributed by atoms with Crippen LogP contribution in [0.4, 0.5) is 0 Å². The zero-order chi connectivity index (χ0) is 13.9. The summed E-state index contributed by atoms with van der Waals surface area (Å²) in [5.41, 5.74) is -0.408. The Morgan fingerprint density at radius 1 is 1.11 bits per heavy atom. The molecule has 1 saturated carbocycles. The molecule has 0 amide bonds. The Bertz CT molecular complexity index is 447. The highest BCUT2D eigenvalue weighted by Crippen LogP contribution is 2.37. The lowest BCUT2D eigenvalue weighted by atomic mass is 9.86. The van der Waals surface area contributed by atoms with E-state index >= 15 is 0 Å². The van der Waals surface area contributed by atoms with E-state index in [1.165, 1.54) is 0 Å². The van der Waals surface area contributed by atoms with Crippen LogP contribution < -0.4 is 9.47 Å². The number of methoxy groups -OCH3 is 2. The molecule has 1 N–H and O–H groups in total. The molecule has 0 spiro atoms. The maximum Gasteiger partial charge on any atom is 0.136 e. The molecule has 0 radical (unpaired) electrons. The highest BCUT2D eigenvalue weighted by atomic mass is 16.5. The van der Waals surface area contributed by atoms with Crippen molar-refractivity contribution in [1.29, 1.82) is 0 Å². The number of ether oxygens (including phenoxy) is 2. The minimum absolute atomic E-state index is 0.113. The van der Waals surface area contributed by atoms with Crippen LogP contribution >= 0.6 is 0 Å². The van der Waals surface area contributed by atoms with Gasteiger partial charge in [0.05, 0.1) is 19.8 Å². The maximum absolute atomic E-state index is 11.8. The predicted molar refractivity (Wildman–Crippen MR) is 71.5 cm³/mol. The summed E-state index contributed by atoms with van der Waals surface area (Å²) in [5.74, 6) is 1.36. The normalized spacial score (nSPS) is 23.8. The van der Waals surface area contributed by atoms with Crippen molar-refractivity contribution in [3.05, 3.63) is 23.8 Å². The predicted octanol–water partition coefficient (Wildman–Crippen LogP) is 2.42. The van der Waals surface area contributed by atoms with Gasteiger partial charge in [0.1, 0.15) is 17.3 Å². The van der Waals surface area contributed by atoms with Gasteiger partial charge in [-0.3, -0.25) is 4.79 Å². The standard InChI is InChI=1S/C15H20O4/c1-18-13-7-11(8-14(9-13)19-2)15(17)6-4-3-5-12(16)10-15/h7-9,17H,3-6,10H2,1-2H3/t15-/m0/s1. The van der Waals surface area contributed by atoms with E-state index in [2.05, 4.69) is 0 Å². The van der Waals surface area contributed by atoms with Gasteiger partial charge in [0, 0.05) is 18.9 Å². The Balaban J connectivity index is 2.40. The van der Waals surface area contributed by atoms with Crippen molar-refractivity contribution in [2.24, 2.45) is 0 Å². The van der Waals surface area contributed by atoms with Gasteiger partial charge in [-0.25, -0.2) is 0 Å². The van der Waals surface area contributed by atoms with Crippen LogP contribution in [0, 0.1) is 0 Å². The average molecular weight is 264 g/mol. The third-order valence-electron chi connectivity index (χ3n) is 3.67. The minimum atomic E-state index is -1.10. The lowest BCUT2D eigenvalue weighted by Crippen LogP contribution is -2.27. The lowest BCUT2D eigenvalue weighted by molar-refractivity contribution is -0.123. The molecule has 1 fully saturated rings. The molecule has 0 saturated heterocycles. The van der Waals surface area contributed by atoms with Crippen molar-refractivity contribution in [2.45, 2.75) is 37.7 Å². The van der Waals surface area contributed by atoms with Crippen LogP contribution in [-0.2, 0) is 10.4 Å². The molecule has 4 nitrogen and oxygen atoms in total. The number of aliphatic hydroxyl groups is 1. The van der Waals surface area contributed by atoms with Gasteiger partial charge in [-0.05, 0) is 37.0 Å². The van der Waals surface area contributed by atoms with Gasteiger partial charge < -0.3 is 14.6 Å².